The van der Waals surface area contributed by atoms with Gasteiger partial charge in [-0.1, -0.05) is 0 Å². The second-order valence-corrected chi connectivity index (χ2v) is 2.67. The van der Waals surface area contributed by atoms with E-state index in [2.05, 4.69) is 9.97 Å². The van der Waals surface area contributed by atoms with Crippen LogP contribution in [0.2, 0.25) is 0 Å². The van der Waals surface area contributed by atoms with Crippen LogP contribution in [0.25, 0.3) is 11.0 Å². The number of nitrogens with zero attached hydrogens (tertiary/aromatic N) is 2. The molecule has 0 aliphatic carbocycles. The molecular weight excluding hydrogens is 152 g/mol. The van der Waals surface area contributed by atoms with E-state index < -0.39 is 0 Å². The second kappa shape index (κ2) is 2.44. The van der Waals surface area contributed by atoms with Crippen LogP contribution in [0.3, 0.4) is 0 Å². The number of aromatic nitrogens is 2. The summed E-state index contributed by atoms with van der Waals surface area (Å²) in [5, 5.41) is 10.1. The summed E-state index contributed by atoms with van der Waals surface area (Å²) < 4.78 is 0. The van der Waals surface area contributed by atoms with Gasteiger partial charge in [-0.15, -0.1) is 0 Å². The minimum Gasteiger partial charge on any atom is -0.493 e. The maximum atomic E-state index is 9.07. The molecule has 2 aromatic rings. The first-order valence-electron chi connectivity index (χ1n) is 3.69. The molecule has 3 heteroatoms. The molecule has 2 rings (SSSR count). The van der Waals surface area contributed by atoms with Gasteiger partial charge in [-0.05, 0) is 24.6 Å². The smallest absolute Gasteiger partial charge is 0.212 e. The van der Waals surface area contributed by atoms with Crippen molar-refractivity contribution in [2.75, 3.05) is 0 Å². The third kappa shape index (κ3) is 0.993. The van der Waals surface area contributed by atoms with Crippen molar-refractivity contribution >= 4 is 11.0 Å². The summed E-state index contributed by atoms with van der Waals surface area (Å²) in [4.78, 5) is 7.91. The maximum Gasteiger partial charge on any atom is 0.212 e. The van der Waals surface area contributed by atoms with E-state index in [1.807, 2.05) is 19.1 Å². The van der Waals surface area contributed by atoms with Crippen LogP contribution in [0.4, 0.5) is 0 Å². The summed E-state index contributed by atoms with van der Waals surface area (Å²) in [6, 6.07) is 5.30. The molecule has 0 saturated heterocycles. The SMILES string of the molecule is Cc1ccnc2nc(O)ccc12. The molecule has 0 aromatic carbocycles. The molecule has 0 radical (unpaired) electrons. The van der Waals surface area contributed by atoms with Gasteiger partial charge in [-0.25, -0.2) is 4.98 Å². The minimum atomic E-state index is 0.0144. The topological polar surface area (TPSA) is 46.0 Å². The lowest BCUT2D eigenvalue weighted by molar-refractivity contribution is 0.455. The van der Waals surface area contributed by atoms with Crippen molar-refractivity contribution in [1.82, 2.24) is 9.97 Å². The highest BCUT2D eigenvalue weighted by Crippen LogP contribution is 2.16. The van der Waals surface area contributed by atoms with E-state index in [0.717, 1.165) is 10.9 Å². The Morgan fingerprint density at radius 2 is 2.08 bits per heavy atom. The highest BCUT2D eigenvalue weighted by molar-refractivity contribution is 5.78. The highest BCUT2D eigenvalue weighted by atomic mass is 16.3. The van der Waals surface area contributed by atoms with Gasteiger partial charge in [-0.3, -0.25) is 0 Å². The van der Waals surface area contributed by atoms with E-state index >= 15 is 0 Å². The van der Waals surface area contributed by atoms with Crippen LogP contribution in [0, 0.1) is 6.92 Å². The van der Waals surface area contributed by atoms with E-state index in [9.17, 15) is 0 Å². The maximum absolute atomic E-state index is 9.07. The van der Waals surface area contributed by atoms with Gasteiger partial charge in [0.25, 0.3) is 0 Å². The second-order valence-electron chi connectivity index (χ2n) is 2.67. The van der Waals surface area contributed by atoms with Gasteiger partial charge in [0.2, 0.25) is 5.88 Å². The number of aryl methyl sites for hydroxylation is 1. The molecule has 2 aromatic heterocycles. The standard InChI is InChI=1S/C9H8N2O/c1-6-4-5-10-9-7(6)2-3-8(12)11-9/h2-5H,1H3,(H,10,11,12). The van der Waals surface area contributed by atoms with Crippen molar-refractivity contribution in [3.63, 3.8) is 0 Å². The van der Waals surface area contributed by atoms with Gasteiger partial charge >= 0.3 is 0 Å². The third-order valence-electron chi connectivity index (χ3n) is 1.81. The Balaban J connectivity index is 2.86. The zero-order valence-electron chi connectivity index (χ0n) is 6.65. The number of hydrogen-bond donors (Lipinski definition) is 1. The van der Waals surface area contributed by atoms with E-state index in [4.69, 9.17) is 5.11 Å². The molecule has 0 spiro atoms. The Morgan fingerprint density at radius 1 is 1.25 bits per heavy atom. The van der Waals surface area contributed by atoms with Crippen LogP contribution < -0.4 is 0 Å². The Labute approximate surface area is 69.7 Å². The number of fused-ring (bicyclic) bond motifs is 1. The molecule has 0 amide bonds. The van der Waals surface area contributed by atoms with Gasteiger partial charge in [0, 0.05) is 17.6 Å². The molecule has 0 aliphatic rings. The number of pyridine rings is 2. The van der Waals surface area contributed by atoms with Crippen LogP contribution in [0.15, 0.2) is 24.4 Å². The molecule has 2 heterocycles. The Morgan fingerprint density at radius 3 is 2.92 bits per heavy atom. The lowest BCUT2D eigenvalue weighted by atomic mass is 10.2. The van der Waals surface area contributed by atoms with E-state index in [0.29, 0.717) is 5.65 Å². The highest BCUT2D eigenvalue weighted by Gasteiger charge is 1.98. The summed E-state index contributed by atoms with van der Waals surface area (Å²) in [5.74, 6) is 0.0144. The quantitative estimate of drug-likeness (QED) is 0.637. The van der Waals surface area contributed by atoms with E-state index in [1.54, 1.807) is 12.3 Å². The first-order valence-corrected chi connectivity index (χ1v) is 3.69. The van der Waals surface area contributed by atoms with Crippen molar-refractivity contribution in [1.29, 1.82) is 0 Å². The predicted octanol–water partition coefficient (Wildman–Crippen LogP) is 1.64. The van der Waals surface area contributed by atoms with Crippen molar-refractivity contribution < 1.29 is 5.11 Å². The molecule has 0 unspecified atom stereocenters. The van der Waals surface area contributed by atoms with Gasteiger partial charge in [-0.2, -0.15) is 4.98 Å². The fourth-order valence-corrected chi connectivity index (χ4v) is 1.15. The monoisotopic (exact) mass is 160 g/mol. The van der Waals surface area contributed by atoms with Crippen molar-refractivity contribution in [3.05, 3.63) is 30.0 Å². The predicted molar refractivity (Wildman–Crippen MR) is 45.9 cm³/mol. The molecule has 3 nitrogen and oxygen atoms in total. The van der Waals surface area contributed by atoms with Crippen LogP contribution >= 0.6 is 0 Å². The third-order valence-corrected chi connectivity index (χ3v) is 1.81. The van der Waals surface area contributed by atoms with Crippen molar-refractivity contribution in [2.24, 2.45) is 0 Å². The lowest BCUT2D eigenvalue weighted by Gasteiger charge is -1.98. The summed E-state index contributed by atoms with van der Waals surface area (Å²) in [5.41, 5.74) is 1.71. The van der Waals surface area contributed by atoms with E-state index in [-0.39, 0.29) is 5.88 Å². The minimum absolute atomic E-state index is 0.0144. The Kier molecular flexibility index (Phi) is 1.43. The molecule has 0 saturated carbocycles. The largest absolute Gasteiger partial charge is 0.493 e. The van der Waals surface area contributed by atoms with Crippen LogP contribution in [0.5, 0.6) is 5.88 Å². The number of aromatic hydroxyl groups is 1. The average Bonchev–Trinajstić information content (AvgIpc) is 2.04. The fraction of sp³-hybridized carbons (Fsp3) is 0.111. The number of hydrogen-bond acceptors (Lipinski definition) is 3. The molecule has 60 valence electrons. The Hall–Kier alpha value is -1.64. The van der Waals surface area contributed by atoms with Crippen LogP contribution in [-0.4, -0.2) is 15.1 Å². The molecular formula is C9H8N2O. The molecule has 0 bridgehead atoms. The summed E-state index contributed by atoms with van der Waals surface area (Å²) in [6.45, 7) is 1.99. The summed E-state index contributed by atoms with van der Waals surface area (Å²) in [7, 11) is 0. The van der Waals surface area contributed by atoms with Crippen molar-refractivity contribution in [2.45, 2.75) is 6.92 Å². The first-order chi connectivity index (χ1) is 5.77. The molecule has 1 N–H and O–H groups in total. The lowest BCUT2D eigenvalue weighted by Crippen LogP contribution is -1.85. The summed E-state index contributed by atoms with van der Waals surface area (Å²) >= 11 is 0. The van der Waals surface area contributed by atoms with E-state index in [1.165, 1.54) is 0 Å². The van der Waals surface area contributed by atoms with Crippen LogP contribution in [0.1, 0.15) is 5.56 Å². The molecule has 0 fully saturated rings. The zero-order valence-corrected chi connectivity index (χ0v) is 6.65. The molecule has 0 atom stereocenters. The van der Waals surface area contributed by atoms with Crippen LogP contribution in [-0.2, 0) is 0 Å². The summed E-state index contributed by atoms with van der Waals surface area (Å²) in [6.07, 6.45) is 1.68. The fourth-order valence-electron chi connectivity index (χ4n) is 1.15. The van der Waals surface area contributed by atoms with Gasteiger partial charge in [0.05, 0.1) is 0 Å². The van der Waals surface area contributed by atoms with Gasteiger partial charge in [0.15, 0.2) is 5.65 Å². The molecule has 0 aliphatic heterocycles. The average molecular weight is 160 g/mol. The van der Waals surface area contributed by atoms with Crippen molar-refractivity contribution in [3.8, 4) is 5.88 Å². The zero-order chi connectivity index (χ0) is 8.55. The number of rotatable bonds is 0. The first kappa shape index (κ1) is 7.03. The normalized spacial score (nSPS) is 10.4. The molecule has 12 heavy (non-hydrogen) atoms. The van der Waals surface area contributed by atoms with Gasteiger partial charge < -0.3 is 5.11 Å². The Bertz CT molecular complexity index is 426. The van der Waals surface area contributed by atoms with Gasteiger partial charge in [0.1, 0.15) is 0 Å².